The third-order valence-corrected chi connectivity index (χ3v) is 0.348. The Balaban J connectivity index is 0. The van der Waals surface area contributed by atoms with Crippen molar-refractivity contribution >= 4 is 44.9 Å². The minimum absolute atomic E-state index is 0.211. The van der Waals surface area contributed by atoms with Crippen LogP contribution in [0.2, 0.25) is 0 Å². The summed E-state index contributed by atoms with van der Waals surface area (Å²) < 4.78 is 13.9. The van der Waals surface area contributed by atoms with Crippen LogP contribution in [0.3, 0.4) is 0 Å². The zero-order chi connectivity index (χ0) is 9.49. The monoisotopic (exact) mass is 240 g/mol. The minimum atomic E-state index is -3.22. The van der Waals surface area contributed by atoms with Crippen LogP contribution >= 0.6 is 38.9 Å². The molecule has 0 heterocycles. The lowest BCUT2D eigenvalue weighted by molar-refractivity contribution is -0.140. The lowest BCUT2D eigenvalue weighted by Crippen LogP contribution is -1.95. The Morgan fingerprint density at radius 2 is 1.73 bits per heavy atom. The molecule has 0 bridgehead atoms. The molecule has 0 aliphatic carbocycles. The van der Waals surface area contributed by atoms with Gasteiger partial charge in [0.1, 0.15) is 0 Å². The number of esters is 1. The zero-order valence-corrected chi connectivity index (χ0v) is 9.18. The molecule has 3 nitrogen and oxygen atoms in total. The van der Waals surface area contributed by atoms with Crippen LogP contribution in [0.15, 0.2) is 0 Å². The molecule has 0 saturated carbocycles. The van der Waals surface area contributed by atoms with E-state index in [-0.39, 0.29) is 5.97 Å². The number of carbonyl (C=O) groups excluding carboxylic acids is 1. The van der Waals surface area contributed by atoms with Crippen molar-refractivity contribution in [3.8, 4) is 0 Å². The van der Waals surface area contributed by atoms with Gasteiger partial charge in [-0.3, -0.25) is 9.36 Å². The summed E-state index contributed by atoms with van der Waals surface area (Å²) in [6.07, 6.45) is 0. The van der Waals surface area contributed by atoms with E-state index in [1.54, 1.807) is 6.92 Å². The Labute approximate surface area is 79.7 Å². The van der Waals surface area contributed by atoms with Gasteiger partial charge in [0.15, 0.2) is 0 Å². The smallest absolute Gasteiger partial charge is 0.339 e. The molecule has 0 aliphatic rings. The second-order valence-electron chi connectivity index (χ2n) is 1.32. The van der Waals surface area contributed by atoms with Crippen LogP contribution in [0.25, 0.3) is 0 Å². The first-order chi connectivity index (χ1) is 4.77. The molecule has 0 saturated heterocycles. The highest BCUT2D eigenvalue weighted by Gasteiger charge is 2.02. The Morgan fingerprint density at radius 3 is 1.73 bits per heavy atom. The van der Waals surface area contributed by atoms with E-state index in [9.17, 15) is 9.36 Å². The molecular formula is C4H8Cl3O3P. The molecule has 0 atom stereocenters. The van der Waals surface area contributed by atoms with Crippen molar-refractivity contribution in [2.75, 3.05) is 6.61 Å². The standard InChI is InChI=1S/C4H8O2.Cl3OP/c1-3-6-4(2)5;1-5(2,3)4/h3H2,1-2H3;. The van der Waals surface area contributed by atoms with Crippen molar-refractivity contribution in [3.63, 3.8) is 0 Å². The van der Waals surface area contributed by atoms with Crippen LogP contribution in [0.4, 0.5) is 0 Å². The maximum Gasteiger partial charge on any atom is 0.339 e. The van der Waals surface area contributed by atoms with Crippen molar-refractivity contribution in [2.45, 2.75) is 13.8 Å². The van der Waals surface area contributed by atoms with Gasteiger partial charge in [-0.25, -0.2) is 0 Å². The van der Waals surface area contributed by atoms with Gasteiger partial charge >= 0.3 is 11.2 Å². The molecule has 0 aromatic heterocycles. The van der Waals surface area contributed by atoms with Crippen molar-refractivity contribution in [3.05, 3.63) is 0 Å². The van der Waals surface area contributed by atoms with E-state index in [0.717, 1.165) is 0 Å². The minimum Gasteiger partial charge on any atom is -0.466 e. The maximum absolute atomic E-state index is 9.82. The first-order valence-electron chi connectivity index (χ1n) is 2.59. The van der Waals surface area contributed by atoms with Crippen LogP contribution in [-0.4, -0.2) is 12.6 Å². The van der Waals surface area contributed by atoms with E-state index in [1.165, 1.54) is 6.92 Å². The van der Waals surface area contributed by atoms with Gasteiger partial charge in [0, 0.05) is 6.92 Å². The Kier molecular flexibility index (Phi) is 9.28. The molecule has 0 N–H and O–H groups in total. The van der Waals surface area contributed by atoms with Gasteiger partial charge in [-0.15, -0.1) is 0 Å². The van der Waals surface area contributed by atoms with E-state index in [0.29, 0.717) is 6.61 Å². The predicted octanol–water partition coefficient (Wildman–Crippen LogP) is 3.38. The third-order valence-electron chi connectivity index (χ3n) is 0.348. The van der Waals surface area contributed by atoms with Crippen LogP contribution in [0, 0.1) is 0 Å². The van der Waals surface area contributed by atoms with E-state index in [1.807, 2.05) is 0 Å². The molecule has 0 fully saturated rings. The molecular weight excluding hydrogens is 233 g/mol. The average Bonchev–Trinajstić information content (AvgIpc) is 1.58. The van der Waals surface area contributed by atoms with E-state index < -0.39 is 5.20 Å². The van der Waals surface area contributed by atoms with E-state index >= 15 is 0 Å². The quantitative estimate of drug-likeness (QED) is 0.522. The first-order valence-corrected chi connectivity index (χ1v) is 7.02. The SMILES string of the molecule is CCOC(C)=O.O=P(Cl)(Cl)Cl. The fourth-order valence-corrected chi connectivity index (χ4v) is 0.203. The van der Waals surface area contributed by atoms with E-state index in [4.69, 9.17) is 0 Å². The van der Waals surface area contributed by atoms with Gasteiger partial charge in [0.2, 0.25) is 0 Å². The number of ether oxygens (including phenoxy) is 1. The molecule has 7 heteroatoms. The lowest BCUT2D eigenvalue weighted by Gasteiger charge is -1.89. The maximum atomic E-state index is 9.82. The molecule has 11 heavy (non-hydrogen) atoms. The number of rotatable bonds is 1. The van der Waals surface area contributed by atoms with Crippen molar-refractivity contribution < 1.29 is 14.1 Å². The Bertz CT molecular complexity index is 146. The summed E-state index contributed by atoms with van der Waals surface area (Å²) >= 11 is 13.8. The van der Waals surface area contributed by atoms with E-state index in [2.05, 4.69) is 38.5 Å². The Hall–Kier alpha value is 0.570. The Morgan fingerprint density at radius 1 is 1.45 bits per heavy atom. The van der Waals surface area contributed by atoms with Gasteiger partial charge in [0.05, 0.1) is 6.61 Å². The normalized spacial score (nSPS) is 9.55. The molecule has 0 spiro atoms. The molecule has 0 aromatic carbocycles. The molecule has 0 radical (unpaired) electrons. The summed E-state index contributed by atoms with van der Waals surface area (Å²) in [5.41, 5.74) is 0. The lowest BCUT2D eigenvalue weighted by atomic mass is 10.8. The average molecular weight is 241 g/mol. The highest BCUT2D eigenvalue weighted by atomic mass is 36.0. The number of hydrogen-bond acceptors (Lipinski definition) is 3. The second-order valence-corrected chi connectivity index (χ2v) is 7.96. The number of hydrogen-bond donors (Lipinski definition) is 0. The van der Waals surface area contributed by atoms with Crippen molar-refractivity contribution in [1.29, 1.82) is 0 Å². The fraction of sp³-hybridized carbons (Fsp3) is 0.750. The van der Waals surface area contributed by atoms with Gasteiger partial charge < -0.3 is 4.74 Å². The molecule has 0 aliphatic heterocycles. The van der Waals surface area contributed by atoms with Crippen LogP contribution in [0.1, 0.15) is 13.8 Å². The topological polar surface area (TPSA) is 43.4 Å². The number of halogens is 3. The molecule has 0 rings (SSSR count). The van der Waals surface area contributed by atoms with Crippen LogP contribution < -0.4 is 0 Å². The van der Waals surface area contributed by atoms with Crippen molar-refractivity contribution in [2.24, 2.45) is 0 Å². The van der Waals surface area contributed by atoms with Gasteiger partial charge in [-0.2, -0.15) is 0 Å². The summed E-state index contributed by atoms with van der Waals surface area (Å²) in [5.74, 6) is -0.211. The highest BCUT2D eigenvalue weighted by molar-refractivity contribution is 8.24. The molecule has 0 amide bonds. The summed E-state index contributed by atoms with van der Waals surface area (Å²) in [6, 6.07) is 0. The van der Waals surface area contributed by atoms with Crippen LogP contribution in [-0.2, 0) is 14.1 Å². The molecule has 68 valence electrons. The highest BCUT2D eigenvalue weighted by Crippen LogP contribution is 2.61. The largest absolute Gasteiger partial charge is 0.466 e. The van der Waals surface area contributed by atoms with Gasteiger partial charge in [0.25, 0.3) is 0 Å². The van der Waals surface area contributed by atoms with Crippen molar-refractivity contribution in [1.82, 2.24) is 0 Å². The second kappa shape index (κ2) is 7.23. The fourth-order valence-electron chi connectivity index (χ4n) is 0.203. The summed E-state index contributed by atoms with van der Waals surface area (Å²) in [7, 11) is 0. The number of carbonyl (C=O) groups is 1. The summed E-state index contributed by atoms with van der Waals surface area (Å²) in [6.45, 7) is 3.65. The first kappa shape index (κ1) is 14.1. The predicted molar refractivity (Wildman–Crippen MR) is 47.5 cm³/mol. The van der Waals surface area contributed by atoms with Gasteiger partial charge in [-0.05, 0) is 40.6 Å². The molecule has 0 aromatic rings. The van der Waals surface area contributed by atoms with Crippen LogP contribution in [0.5, 0.6) is 0 Å². The van der Waals surface area contributed by atoms with Gasteiger partial charge in [-0.1, -0.05) is 0 Å². The third kappa shape index (κ3) is 60.9. The summed E-state index contributed by atoms with van der Waals surface area (Å²) in [4.78, 5) is 9.82. The zero-order valence-electron chi connectivity index (χ0n) is 6.01. The molecule has 0 unspecified atom stereocenters. The summed E-state index contributed by atoms with van der Waals surface area (Å²) in [5, 5.41) is -3.22.